The number of carbonyl (C=O) groups is 4. The summed E-state index contributed by atoms with van der Waals surface area (Å²) in [5.74, 6) is -3.80. The quantitative estimate of drug-likeness (QED) is 0.139. The third-order valence-electron chi connectivity index (χ3n) is 8.19. The van der Waals surface area contributed by atoms with Crippen molar-refractivity contribution in [3.63, 3.8) is 0 Å². The van der Waals surface area contributed by atoms with Crippen LogP contribution in [0, 0.1) is 23.7 Å². The van der Waals surface area contributed by atoms with Crippen LogP contribution in [0.15, 0.2) is 5.11 Å². The molecule has 0 saturated heterocycles. The Labute approximate surface area is 234 Å². The van der Waals surface area contributed by atoms with E-state index in [0.29, 0.717) is 0 Å². The van der Waals surface area contributed by atoms with Crippen molar-refractivity contribution in [3.8, 4) is 0 Å². The summed E-state index contributed by atoms with van der Waals surface area (Å²) in [5, 5.41) is 12.2. The number of amides is 3. The molecular formula is C28H52N6O5. The van der Waals surface area contributed by atoms with Gasteiger partial charge >= 0.3 is 5.97 Å². The van der Waals surface area contributed by atoms with Gasteiger partial charge in [-0.25, -0.2) is 4.79 Å². The van der Waals surface area contributed by atoms with E-state index in [1.807, 2.05) is 0 Å². The van der Waals surface area contributed by atoms with Crippen LogP contribution in [0.4, 0.5) is 0 Å². The lowest BCUT2D eigenvalue weighted by molar-refractivity contribution is -0.167. The molecule has 224 valence electrons. The van der Waals surface area contributed by atoms with Crippen LogP contribution in [0.5, 0.6) is 0 Å². The number of rotatable bonds is 12. The molecule has 0 unspecified atom stereocenters. The van der Waals surface area contributed by atoms with Crippen LogP contribution in [0.25, 0.3) is 10.4 Å². The first kappa shape index (κ1) is 36.2. The van der Waals surface area contributed by atoms with Gasteiger partial charge in [0.1, 0.15) is 27.8 Å². The average Bonchev–Trinajstić information content (AvgIpc) is 2.76. The van der Waals surface area contributed by atoms with E-state index in [9.17, 15) is 19.2 Å². The Balaban J connectivity index is 6.41. The molecule has 0 aromatic heterocycles. The Morgan fingerprint density at radius 3 is 1.23 bits per heavy atom. The first-order valence-electron chi connectivity index (χ1n) is 13.6. The van der Waals surface area contributed by atoms with Crippen molar-refractivity contribution in [2.24, 2.45) is 28.8 Å². The van der Waals surface area contributed by atoms with Crippen molar-refractivity contribution < 1.29 is 23.9 Å². The topological polar surface area (TPSA) is 162 Å². The van der Waals surface area contributed by atoms with E-state index < -0.39 is 63.3 Å². The van der Waals surface area contributed by atoms with E-state index in [4.69, 9.17) is 10.3 Å². The summed E-state index contributed by atoms with van der Waals surface area (Å²) in [4.78, 5) is 56.9. The number of carbonyl (C=O) groups excluding carboxylic acids is 4. The third-order valence-corrected chi connectivity index (χ3v) is 8.19. The summed E-state index contributed by atoms with van der Waals surface area (Å²) in [6, 6.07) is 0. The van der Waals surface area contributed by atoms with Gasteiger partial charge in [-0.1, -0.05) is 60.5 Å². The van der Waals surface area contributed by atoms with Crippen molar-refractivity contribution in [2.75, 3.05) is 0 Å². The van der Waals surface area contributed by atoms with Gasteiger partial charge in [-0.05, 0) is 77.7 Å². The summed E-state index contributed by atoms with van der Waals surface area (Å²) < 4.78 is 5.60. The number of azide groups is 1. The zero-order chi connectivity index (χ0) is 31.4. The molecule has 0 bridgehead atoms. The lowest BCUT2D eigenvalue weighted by atomic mass is 9.80. The smallest absolute Gasteiger partial charge is 0.332 e. The number of hydrogen-bond donors (Lipinski definition) is 3. The SMILES string of the molecule is CC(C)[C@](C)(N=[N+]=[N-])C(=O)N[C@](C)(C(=O)N[C@](C)(C(=O)N[C@](C)(C(=O)OC(C)(C)C)C(C)C)C(C)C)C(C)C. The Morgan fingerprint density at radius 1 is 0.615 bits per heavy atom. The number of ether oxygens (including phenoxy) is 1. The molecular weight excluding hydrogens is 500 g/mol. The van der Waals surface area contributed by atoms with Gasteiger partial charge in [-0.15, -0.1) is 0 Å². The van der Waals surface area contributed by atoms with Gasteiger partial charge in [0, 0.05) is 4.91 Å². The molecule has 11 heteroatoms. The molecule has 0 aliphatic rings. The zero-order valence-electron chi connectivity index (χ0n) is 26.7. The number of nitrogens with one attached hydrogen (secondary N) is 3. The van der Waals surface area contributed by atoms with Crippen LogP contribution in [0.3, 0.4) is 0 Å². The molecule has 0 aliphatic heterocycles. The fourth-order valence-corrected chi connectivity index (χ4v) is 3.35. The van der Waals surface area contributed by atoms with Gasteiger partial charge in [-0.3, -0.25) is 14.4 Å². The average molecular weight is 553 g/mol. The minimum atomic E-state index is -1.46. The molecule has 11 nitrogen and oxygen atoms in total. The van der Waals surface area contributed by atoms with Crippen molar-refractivity contribution >= 4 is 23.7 Å². The first-order valence-corrected chi connectivity index (χ1v) is 13.6. The van der Waals surface area contributed by atoms with Gasteiger partial charge in [0.15, 0.2) is 0 Å². The fourth-order valence-electron chi connectivity index (χ4n) is 3.35. The Hall–Kier alpha value is -2.81. The molecule has 0 aromatic rings. The maximum absolute atomic E-state index is 13.8. The number of esters is 1. The largest absolute Gasteiger partial charge is 0.458 e. The van der Waals surface area contributed by atoms with Crippen molar-refractivity contribution in [1.82, 2.24) is 16.0 Å². The minimum Gasteiger partial charge on any atom is -0.458 e. The number of hydrogen-bond acceptors (Lipinski definition) is 6. The molecule has 39 heavy (non-hydrogen) atoms. The second-order valence-electron chi connectivity index (χ2n) is 13.4. The normalized spacial score (nSPS) is 18.2. The van der Waals surface area contributed by atoms with Crippen LogP contribution in [-0.4, -0.2) is 51.4 Å². The highest BCUT2D eigenvalue weighted by atomic mass is 16.6. The molecule has 0 radical (unpaired) electrons. The molecule has 0 saturated carbocycles. The second kappa shape index (κ2) is 12.6. The summed E-state index contributed by atoms with van der Waals surface area (Å²) >= 11 is 0. The van der Waals surface area contributed by atoms with Gasteiger partial charge in [0.2, 0.25) is 17.7 Å². The van der Waals surface area contributed by atoms with E-state index in [1.165, 1.54) is 6.92 Å². The lowest BCUT2D eigenvalue weighted by Crippen LogP contribution is -2.71. The van der Waals surface area contributed by atoms with E-state index in [2.05, 4.69) is 26.0 Å². The van der Waals surface area contributed by atoms with Crippen LogP contribution in [0.2, 0.25) is 0 Å². The fraction of sp³-hybridized carbons (Fsp3) is 0.857. The highest BCUT2D eigenvalue weighted by molar-refractivity contribution is 5.99. The predicted octanol–water partition coefficient (Wildman–Crippen LogP) is 4.65. The highest BCUT2D eigenvalue weighted by Gasteiger charge is 2.50. The Morgan fingerprint density at radius 2 is 0.949 bits per heavy atom. The zero-order valence-corrected chi connectivity index (χ0v) is 26.7. The minimum absolute atomic E-state index is 0.321. The molecule has 0 rings (SSSR count). The molecule has 3 amide bonds. The molecule has 0 aromatic carbocycles. The maximum atomic E-state index is 13.8. The summed E-state index contributed by atoms with van der Waals surface area (Å²) in [5.41, 5.74) is 2.57. The molecule has 0 aliphatic carbocycles. The highest BCUT2D eigenvalue weighted by Crippen LogP contribution is 2.28. The lowest BCUT2D eigenvalue weighted by Gasteiger charge is -2.43. The van der Waals surface area contributed by atoms with E-state index in [-0.39, 0.29) is 11.8 Å². The predicted molar refractivity (Wildman–Crippen MR) is 152 cm³/mol. The standard InChI is InChI=1S/C28H52N6O5/c1-16(2)25(12,31-22(37)27(14,18(5)6)33-34-29)20(35)30-26(13,17(3)4)21(36)32-28(15,19(7)8)23(38)39-24(9,10)11/h16-19H,1-15H3,(H,30,35)(H,31,37)(H,32,36)/t25-,26-,27-,28-/m0/s1. The molecule has 0 heterocycles. The van der Waals surface area contributed by atoms with Gasteiger partial charge in [-0.2, -0.15) is 0 Å². The van der Waals surface area contributed by atoms with Gasteiger partial charge < -0.3 is 20.7 Å². The Kier molecular flexibility index (Phi) is 11.7. The maximum Gasteiger partial charge on any atom is 0.332 e. The summed E-state index contributed by atoms with van der Waals surface area (Å²) in [6.07, 6.45) is 0. The first-order chi connectivity index (χ1) is 17.3. The van der Waals surface area contributed by atoms with Crippen LogP contribution in [-0.2, 0) is 23.9 Å². The van der Waals surface area contributed by atoms with Crippen LogP contribution < -0.4 is 16.0 Å². The van der Waals surface area contributed by atoms with Crippen molar-refractivity contribution in [2.45, 2.75) is 132 Å². The van der Waals surface area contributed by atoms with Gasteiger partial charge in [0.05, 0.1) is 0 Å². The Bertz CT molecular complexity index is 981. The molecule has 0 fully saturated rings. The summed E-state index contributed by atoms with van der Waals surface area (Å²) in [6.45, 7) is 25.7. The van der Waals surface area contributed by atoms with E-state index in [1.54, 1.807) is 96.9 Å². The van der Waals surface area contributed by atoms with Crippen molar-refractivity contribution in [1.29, 1.82) is 0 Å². The second-order valence-corrected chi connectivity index (χ2v) is 13.4. The third kappa shape index (κ3) is 8.10. The number of nitrogens with zero attached hydrogens (tertiary/aromatic N) is 3. The van der Waals surface area contributed by atoms with Crippen LogP contribution >= 0.6 is 0 Å². The van der Waals surface area contributed by atoms with E-state index in [0.717, 1.165) is 0 Å². The van der Waals surface area contributed by atoms with E-state index >= 15 is 0 Å². The summed E-state index contributed by atoms with van der Waals surface area (Å²) in [7, 11) is 0. The van der Waals surface area contributed by atoms with Crippen molar-refractivity contribution in [3.05, 3.63) is 10.4 Å². The molecule has 3 N–H and O–H groups in total. The monoisotopic (exact) mass is 552 g/mol. The van der Waals surface area contributed by atoms with Gasteiger partial charge in [0.25, 0.3) is 0 Å². The van der Waals surface area contributed by atoms with Crippen LogP contribution in [0.1, 0.15) is 104 Å². The molecule has 4 atom stereocenters. The molecule has 0 spiro atoms.